The highest BCUT2D eigenvalue weighted by molar-refractivity contribution is 7.88. The lowest BCUT2D eigenvalue weighted by atomic mass is 10.2. The second-order valence-electron chi connectivity index (χ2n) is 3.91. The number of hydrogen-bond acceptors (Lipinski definition) is 3. The lowest BCUT2D eigenvalue weighted by molar-refractivity contribution is 0.254. The van der Waals surface area contributed by atoms with Crippen molar-refractivity contribution < 1.29 is 13.5 Å². The van der Waals surface area contributed by atoms with E-state index in [1.54, 1.807) is 19.1 Å². The van der Waals surface area contributed by atoms with Crippen LogP contribution in [0.4, 0.5) is 0 Å². The van der Waals surface area contributed by atoms with Crippen LogP contribution in [0.5, 0.6) is 0 Å². The maximum absolute atomic E-state index is 11.8. The number of aliphatic hydroxyl groups excluding tert-OH is 1. The molecule has 0 aliphatic heterocycles. The van der Waals surface area contributed by atoms with E-state index in [1.807, 2.05) is 0 Å². The van der Waals surface area contributed by atoms with Gasteiger partial charge in [0.1, 0.15) is 0 Å². The highest BCUT2D eigenvalue weighted by Crippen LogP contribution is 2.23. The molecule has 0 amide bonds. The molecule has 2 N–H and O–H groups in total. The zero-order valence-electron chi connectivity index (χ0n) is 9.86. The number of aliphatic hydroxyl groups is 1. The van der Waals surface area contributed by atoms with Gasteiger partial charge in [-0.05, 0) is 24.1 Å². The molecule has 0 heterocycles. The van der Waals surface area contributed by atoms with Crippen molar-refractivity contribution in [2.24, 2.45) is 0 Å². The van der Waals surface area contributed by atoms with Crippen LogP contribution >= 0.6 is 23.2 Å². The van der Waals surface area contributed by atoms with Crippen molar-refractivity contribution in [1.82, 2.24) is 4.72 Å². The fourth-order valence-electron chi connectivity index (χ4n) is 1.39. The van der Waals surface area contributed by atoms with E-state index < -0.39 is 16.1 Å². The predicted molar refractivity (Wildman–Crippen MR) is 73.4 cm³/mol. The van der Waals surface area contributed by atoms with Crippen LogP contribution in [0, 0.1) is 0 Å². The van der Waals surface area contributed by atoms with Gasteiger partial charge in [0.05, 0.1) is 22.4 Å². The van der Waals surface area contributed by atoms with Crippen LogP contribution in [0.15, 0.2) is 18.2 Å². The Hall–Kier alpha value is -0.330. The van der Waals surface area contributed by atoms with Gasteiger partial charge in [-0.2, -0.15) is 0 Å². The molecule has 102 valence electrons. The Morgan fingerprint density at radius 3 is 2.50 bits per heavy atom. The van der Waals surface area contributed by atoms with Crippen LogP contribution in [-0.4, -0.2) is 26.2 Å². The van der Waals surface area contributed by atoms with Gasteiger partial charge in [-0.1, -0.05) is 36.2 Å². The third-order valence-electron chi connectivity index (χ3n) is 2.40. The second-order valence-corrected chi connectivity index (χ2v) is 6.48. The standard InChI is InChI=1S/C11H15Cl2NO3S/c1-2-9(6-15)14-18(16,17)7-8-3-4-10(12)11(13)5-8/h3-5,9,14-15H,2,6-7H2,1H3. The molecule has 1 rings (SSSR count). The quantitative estimate of drug-likeness (QED) is 0.846. The van der Waals surface area contributed by atoms with E-state index in [0.717, 1.165) is 0 Å². The van der Waals surface area contributed by atoms with Crippen molar-refractivity contribution in [1.29, 1.82) is 0 Å². The van der Waals surface area contributed by atoms with Crippen molar-refractivity contribution in [3.63, 3.8) is 0 Å². The number of benzene rings is 1. The number of sulfonamides is 1. The van der Waals surface area contributed by atoms with E-state index in [0.29, 0.717) is 22.0 Å². The molecule has 1 unspecified atom stereocenters. The molecule has 0 aliphatic carbocycles. The minimum absolute atomic E-state index is 0.194. The molecule has 1 atom stereocenters. The first kappa shape index (κ1) is 15.7. The molecule has 0 spiro atoms. The van der Waals surface area contributed by atoms with Gasteiger partial charge in [0.25, 0.3) is 0 Å². The van der Waals surface area contributed by atoms with E-state index in [4.69, 9.17) is 28.3 Å². The maximum atomic E-state index is 11.8. The van der Waals surface area contributed by atoms with E-state index in [9.17, 15) is 8.42 Å². The molecule has 0 aromatic heterocycles. The molecule has 0 aliphatic rings. The van der Waals surface area contributed by atoms with Crippen LogP contribution in [0.3, 0.4) is 0 Å². The molecule has 7 heteroatoms. The smallest absolute Gasteiger partial charge is 0.216 e. The lowest BCUT2D eigenvalue weighted by Crippen LogP contribution is -2.37. The summed E-state index contributed by atoms with van der Waals surface area (Å²) in [6.45, 7) is 1.57. The molecule has 0 bridgehead atoms. The highest BCUT2D eigenvalue weighted by Gasteiger charge is 2.17. The van der Waals surface area contributed by atoms with E-state index >= 15 is 0 Å². The monoisotopic (exact) mass is 311 g/mol. The summed E-state index contributed by atoms with van der Waals surface area (Å²) < 4.78 is 26.1. The molecule has 0 saturated heterocycles. The average molecular weight is 312 g/mol. The minimum atomic E-state index is -3.50. The second kappa shape index (κ2) is 6.73. The molecule has 1 aromatic carbocycles. The van der Waals surface area contributed by atoms with Crippen molar-refractivity contribution in [3.8, 4) is 0 Å². The average Bonchev–Trinajstić information content (AvgIpc) is 2.30. The minimum Gasteiger partial charge on any atom is -0.395 e. The Bertz CT molecular complexity index is 501. The fourth-order valence-corrected chi connectivity index (χ4v) is 3.17. The lowest BCUT2D eigenvalue weighted by Gasteiger charge is -2.14. The molecular formula is C11H15Cl2NO3S. The van der Waals surface area contributed by atoms with Gasteiger partial charge >= 0.3 is 0 Å². The van der Waals surface area contributed by atoms with E-state index in [2.05, 4.69) is 4.72 Å². The first-order chi connectivity index (χ1) is 8.38. The third-order valence-corrected chi connectivity index (χ3v) is 4.54. The molecule has 1 aromatic rings. The van der Waals surface area contributed by atoms with Gasteiger partial charge in [0, 0.05) is 6.04 Å². The number of hydrogen-bond donors (Lipinski definition) is 2. The first-order valence-corrected chi connectivity index (χ1v) is 7.83. The molecule has 0 fully saturated rings. The van der Waals surface area contributed by atoms with Gasteiger partial charge in [-0.3, -0.25) is 0 Å². The zero-order chi connectivity index (χ0) is 13.8. The number of halogens is 2. The van der Waals surface area contributed by atoms with Crippen molar-refractivity contribution in [2.45, 2.75) is 25.1 Å². The van der Waals surface area contributed by atoms with Gasteiger partial charge in [0.2, 0.25) is 10.0 Å². The molecule has 4 nitrogen and oxygen atoms in total. The predicted octanol–water partition coefficient (Wildman–Crippen LogP) is 2.18. The summed E-state index contributed by atoms with van der Waals surface area (Å²) in [4.78, 5) is 0. The molecular weight excluding hydrogens is 297 g/mol. The maximum Gasteiger partial charge on any atom is 0.216 e. The normalized spacial score (nSPS) is 13.6. The van der Waals surface area contributed by atoms with Crippen LogP contribution in [0.2, 0.25) is 10.0 Å². The Labute approximate surface area is 117 Å². The van der Waals surface area contributed by atoms with Gasteiger partial charge in [-0.25, -0.2) is 13.1 Å². The van der Waals surface area contributed by atoms with Crippen molar-refractivity contribution >= 4 is 33.2 Å². The Morgan fingerprint density at radius 1 is 1.33 bits per heavy atom. The van der Waals surface area contributed by atoms with Crippen LogP contribution in [-0.2, 0) is 15.8 Å². The van der Waals surface area contributed by atoms with Gasteiger partial charge < -0.3 is 5.11 Å². The molecule has 18 heavy (non-hydrogen) atoms. The summed E-state index contributed by atoms with van der Waals surface area (Å²) in [5, 5.41) is 9.67. The van der Waals surface area contributed by atoms with Crippen LogP contribution in [0.1, 0.15) is 18.9 Å². The van der Waals surface area contributed by atoms with E-state index in [1.165, 1.54) is 6.07 Å². The summed E-state index contributed by atoms with van der Waals surface area (Å²) in [7, 11) is -3.50. The topological polar surface area (TPSA) is 66.4 Å². The summed E-state index contributed by atoms with van der Waals surface area (Å²) in [6, 6.07) is 4.21. The number of rotatable bonds is 6. The van der Waals surface area contributed by atoms with E-state index in [-0.39, 0.29) is 12.4 Å². The third kappa shape index (κ3) is 4.74. The summed E-state index contributed by atoms with van der Waals surface area (Å²) in [5.74, 6) is -0.194. The summed E-state index contributed by atoms with van der Waals surface area (Å²) in [6.07, 6.45) is 0.525. The fraction of sp³-hybridized carbons (Fsp3) is 0.455. The first-order valence-electron chi connectivity index (χ1n) is 5.42. The highest BCUT2D eigenvalue weighted by atomic mass is 35.5. The van der Waals surface area contributed by atoms with Crippen molar-refractivity contribution in [3.05, 3.63) is 33.8 Å². The van der Waals surface area contributed by atoms with Crippen molar-refractivity contribution in [2.75, 3.05) is 6.61 Å². The van der Waals surface area contributed by atoms with Gasteiger partial charge in [-0.15, -0.1) is 0 Å². The van der Waals surface area contributed by atoms with Crippen LogP contribution < -0.4 is 4.72 Å². The summed E-state index contributed by atoms with van der Waals surface area (Å²) >= 11 is 11.6. The molecule has 0 saturated carbocycles. The molecule has 0 radical (unpaired) electrons. The Balaban J connectivity index is 2.79. The Kier molecular flexibility index (Phi) is 5.88. The zero-order valence-corrected chi connectivity index (χ0v) is 12.2. The van der Waals surface area contributed by atoms with Gasteiger partial charge in [0.15, 0.2) is 0 Å². The number of nitrogens with one attached hydrogen (secondary N) is 1. The largest absolute Gasteiger partial charge is 0.395 e. The summed E-state index contributed by atoms with van der Waals surface area (Å²) in [5.41, 5.74) is 0.546. The van der Waals surface area contributed by atoms with Crippen LogP contribution in [0.25, 0.3) is 0 Å². The Morgan fingerprint density at radius 2 is 2.00 bits per heavy atom. The SMILES string of the molecule is CCC(CO)NS(=O)(=O)Cc1ccc(Cl)c(Cl)c1.